The minimum atomic E-state index is -0.312. The van der Waals surface area contributed by atoms with Gasteiger partial charge in [0.05, 0.1) is 19.0 Å². The molecule has 2 N–H and O–H groups in total. The number of methoxy groups -OCH3 is 1. The molecule has 1 aromatic carbocycles. The summed E-state index contributed by atoms with van der Waals surface area (Å²) in [6.45, 7) is 2.07. The number of thiophene rings is 1. The van der Waals surface area contributed by atoms with E-state index in [9.17, 15) is 4.79 Å². The first-order chi connectivity index (χ1) is 14.1. The average molecular weight is 404 g/mol. The summed E-state index contributed by atoms with van der Waals surface area (Å²) in [6.07, 6.45) is 6.51. The molecule has 0 radical (unpaired) electrons. The van der Waals surface area contributed by atoms with Gasteiger partial charge in [-0.3, -0.25) is 9.89 Å². The molecule has 0 unspecified atom stereocenters. The van der Waals surface area contributed by atoms with E-state index in [1.54, 1.807) is 47.6 Å². The van der Waals surface area contributed by atoms with Crippen LogP contribution in [0.5, 0.6) is 5.75 Å². The molecule has 0 atom stereocenters. The number of nitrogens with zero attached hydrogens (tertiary/aromatic N) is 4. The molecular weight excluding hydrogens is 388 g/mol. The number of rotatable bonds is 4. The van der Waals surface area contributed by atoms with Crippen LogP contribution in [0.1, 0.15) is 15.2 Å². The second-order valence-electron chi connectivity index (χ2n) is 6.50. The fraction of sp³-hybridized carbons (Fsp3) is 0.100. The summed E-state index contributed by atoms with van der Waals surface area (Å²) in [5, 5.41) is 15.4. The van der Waals surface area contributed by atoms with Crippen LogP contribution in [0.25, 0.3) is 27.0 Å². The molecule has 5 rings (SSSR count). The lowest BCUT2D eigenvalue weighted by Crippen LogP contribution is -2.12. The van der Waals surface area contributed by atoms with E-state index in [4.69, 9.17) is 4.74 Å². The second kappa shape index (κ2) is 6.71. The van der Waals surface area contributed by atoms with Crippen molar-refractivity contribution in [2.24, 2.45) is 0 Å². The van der Waals surface area contributed by atoms with Gasteiger partial charge in [0.2, 0.25) is 0 Å². The third kappa shape index (κ3) is 2.92. The molecule has 144 valence electrons. The van der Waals surface area contributed by atoms with Crippen LogP contribution in [0.15, 0.2) is 49.1 Å². The largest absolute Gasteiger partial charge is 0.496 e. The van der Waals surface area contributed by atoms with Crippen molar-refractivity contribution in [2.75, 3.05) is 12.4 Å². The van der Waals surface area contributed by atoms with Crippen molar-refractivity contribution in [3.63, 3.8) is 0 Å². The zero-order valence-corrected chi connectivity index (χ0v) is 16.4. The second-order valence-corrected chi connectivity index (χ2v) is 7.78. The van der Waals surface area contributed by atoms with E-state index in [0.29, 0.717) is 28.3 Å². The van der Waals surface area contributed by atoms with E-state index in [-0.39, 0.29) is 5.91 Å². The predicted molar refractivity (Wildman–Crippen MR) is 112 cm³/mol. The molecular formula is C20H16N6O2S. The van der Waals surface area contributed by atoms with Crippen LogP contribution in [0.3, 0.4) is 0 Å². The molecule has 9 heteroatoms. The van der Waals surface area contributed by atoms with Gasteiger partial charge in [-0.2, -0.15) is 10.2 Å². The minimum absolute atomic E-state index is 0.312. The molecule has 29 heavy (non-hydrogen) atoms. The zero-order valence-electron chi connectivity index (χ0n) is 15.6. The first kappa shape index (κ1) is 17.4. The predicted octanol–water partition coefficient (Wildman–Crippen LogP) is 3.90. The summed E-state index contributed by atoms with van der Waals surface area (Å²) >= 11 is 1.70. The number of fused-ring (bicyclic) bond motifs is 2. The maximum absolute atomic E-state index is 12.9. The number of hydrogen-bond donors (Lipinski definition) is 2. The van der Waals surface area contributed by atoms with Crippen molar-refractivity contribution in [3.05, 3.63) is 59.5 Å². The van der Waals surface area contributed by atoms with Crippen LogP contribution in [0.2, 0.25) is 0 Å². The molecule has 0 aliphatic carbocycles. The van der Waals surface area contributed by atoms with Gasteiger partial charge in [0.1, 0.15) is 17.0 Å². The van der Waals surface area contributed by atoms with Crippen molar-refractivity contribution >= 4 is 38.7 Å². The molecule has 4 heterocycles. The summed E-state index contributed by atoms with van der Waals surface area (Å²) < 4.78 is 8.28. The number of hydrogen-bond acceptors (Lipinski definition) is 6. The lowest BCUT2D eigenvalue weighted by Gasteiger charge is -2.09. The van der Waals surface area contributed by atoms with Gasteiger partial charge in [-0.25, -0.2) is 9.50 Å². The number of nitrogens with one attached hydrogen (secondary N) is 2. The number of carbonyl (C=O) groups excluding carboxylic acids is 1. The maximum Gasteiger partial charge on any atom is 0.261 e. The highest BCUT2D eigenvalue weighted by Crippen LogP contribution is 2.39. The lowest BCUT2D eigenvalue weighted by atomic mass is 10.1. The first-order valence-electron chi connectivity index (χ1n) is 8.86. The molecule has 0 spiro atoms. The number of benzene rings is 1. The van der Waals surface area contributed by atoms with Crippen molar-refractivity contribution in [3.8, 4) is 17.0 Å². The molecule has 8 nitrogen and oxygen atoms in total. The van der Waals surface area contributed by atoms with E-state index in [2.05, 4.69) is 38.6 Å². The number of carbonyl (C=O) groups is 1. The molecule has 4 aromatic heterocycles. The van der Waals surface area contributed by atoms with Crippen LogP contribution in [-0.4, -0.2) is 37.8 Å². The van der Waals surface area contributed by atoms with Gasteiger partial charge in [0.25, 0.3) is 5.91 Å². The normalized spacial score (nSPS) is 11.2. The highest BCUT2D eigenvalue weighted by Gasteiger charge is 2.20. The number of anilines is 1. The Labute approximate surface area is 169 Å². The Kier molecular flexibility index (Phi) is 4.02. The number of amides is 1. The van der Waals surface area contributed by atoms with Gasteiger partial charge in [-0.1, -0.05) is 0 Å². The SMILES string of the molecule is COc1cc2cc(C)sc2cc1-c1n[nH]cc1NC(=O)c1cnn2cccnc12. The summed E-state index contributed by atoms with van der Waals surface area (Å²) in [5.74, 6) is 0.379. The van der Waals surface area contributed by atoms with E-state index >= 15 is 0 Å². The number of ether oxygens (including phenoxy) is 1. The third-order valence-electron chi connectivity index (χ3n) is 4.63. The fourth-order valence-electron chi connectivity index (χ4n) is 3.32. The highest BCUT2D eigenvalue weighted by atomic mass is 32.1. The first-order valence-corrected chi connectivity index (χ1v) is 9.68. The smallest absolute Gasteiger partial charge is 0.261 e. The Hall–Kier alpha value is -3.72. The Morgan fingerprint density at radius 3 is 3.07 bits per heavy atom. The molecule has 5 aromatic rings. The topological polar surface area (TPSA) is 97.2 Å². The van der Waals surface area contributed by atoms with Gasteiger partial charge >= 0.3 is 0 Å². The third-order valence-corrected chi connectivity index (χ3v) is 5.64. The average Bonchev–Trinajstić information content (AvgIpc) is 3.43. The maximum atomic E-state index is 12.9. The molecule has 0 saturated heterocycles. The summed E-state index contributed by atoms with van der Waals surface area (Å²) in [6, 6.07) is 7.90. The van der Waals surface area contributed by atoms with E-state index in [0.717, 1.165) is 15.6 Å². The summed E-state index contributed by atoms with van der Waals surface area (Å²) in [4.78, 5) is 18.3. The Morgan fingerprint density at radius 2 is 2.21 bits per heavy atom. The van der Waals surface area contributed by atoms with Crippen molar-refractivity contribution in [1.82, 2.24) is 24.8 Å². The molecule has 1 amide bonds. The standard InChI is InChI=1S/C20H16N6O2S/c1-11-6-12-7-16(28-2)13(8-17(12)29-11)18-15(10-22-25-18)24-20(27)14-9-23-26-5-3-4-21-19(14)26/h3-10H,1-2H3,(H,22,25)(H,24,27). The van der Waals surface area contributed by atoms with Gasteiger partial charge in [0.15, 0.2) is 5.65 Å². The fourth-order valence-corrected chi connectivity index (χ4v) is 4.27. The van der Waals surface area contributed by atoms with Gasteiger partial charge < -0.3 is 10.1 Å². The number of H-pyrrole nitrogens is 1. The quantitative estimate of drug-likeness (QED) is 0.473. The molecule has 0 aliphatic rings. The van der Waals surface area contributed by atoms with Crippen LogP contribution < -0.4 is 10.1 Å². The monoisotopic (exact) mass is 404 g/mol. The number of aryl methyl sites for hydroxylation is 1. The minimum Gasteiger partial charge on any atom is -0.496 e. The van der Waals surface area contributed by atoms with Gasteiger partial charge in [-0.15, -0.1) is 11.3 Å². The molecule has 0 aliphatic heterocycles. The van der Waals surface area contributed by atoms with E-state index in [1.807, 2.05) is 12.1 Å². The van der Waals surface area contributed by atoms with Crippen LogP contribution >= 0.6 is 11.3 Å². The molecule has 0 saturated carbocycles. The Bertz CT molecular complexity index is 1370. The number of aromatic nitrogens is 5. The van der Waals surface area contributed by atoms with Crippen molar-refractivity contribution in [2.45, 2.75) is 6.92 Å². The van der Waals surface area contributed by atoms with E-state index in [1.165, 1.54) is 11.1 Å². The van der Waals surface area contributed by atoms with Crippen LogP contribution in [0.4, 0.5) is 5.69 Å². The Balaban J connectivity index is 1.54. The Morgan fingerprint density at radius 1 is 1.31 bits per heavy atom. The zero-order chi connectivity index (χ0) is 20.0. The van der Waals surface area contributed by atoms with Crippen molar-refractivity contribution < 1.29 is 9.53 Å². The highest BCUT2D eigenvalue weighted by molar-refractivity contribution is 7.19. The molecule has 0 fully saturated rings. The summed E-state index contributed by atoms with van der Waals surface area (Å²) in [7, 11) is 1.62. The lowest BCUT2D eigenvalue weighted by molar-refractivity contribution is 0.102. The van der Waals surface area contributed by atoms with Gasteiger partial charge in [-0.05, 0) is 36.6 Å². The van der Waals surface area contributed by atoms with Crippen LogP contribution in [-0.2, 0) is 0 Å². The van der Waals surface area contributed by atoms with Gasteiger partial charge in [0, 0.05) is 33.7 Å². The number of aromatic amines is 1. The van der Waals surface area contributed by atoms with Crippen LogP contribution in [0, 0.1) is 6.92 Å². The molecule has 0 bridgehead atoms. The van der Waals surface area contributed by atoms with Crippen molar-refractivity contribution in [1.29, 1.82) is 0 Å². The van der Waals surface area contributed by atoms with E-state index < -0.39 is 0 Å². The summed E-state index contributed by atoms with van der Waals surface area (Å²) in [5.41, 5.74) is 2.83.